The number of carbonyl (C=O) groups excluding carboxylic acids is 1. The highest BCUT2D eigenvalue weighted by Gasteiger charge is 2.23. The van der Waals surface area contributed by atoms with Gasteiger partial charge in [0.1, 0.15) is 6.04 Å². The number of aryl methyl sites for hydroxylation is 1. The second-order valence-electron chi connectivity index (χ2n) is 4.21. The summed E-state index contributed by atoms with van der Waals surface area (Å²) in [6.07, 6.45) is 1.01. The normalized spacial score (nSPS) is 12.5. The van der Waals surface area contributed by atoms with Crippen molar-refractivity contribution >= 4 is 5.97 Å². The van der Waals surface area contributed by atoms with Gasteiger partial charge in [0.2, 0.25) is 0 Å². The molecule has 0 radical (unpaired) electrons. The van der Waals surface area contributed by atoms with Gasteiger partial charge in [0, 0.05) is 0 Å². The van der Waals surface area contributed by atoms with Crippen molar-refractivity contribution in [3.05, 3.63) is 35.4 Å². The Kier molecular flexibility index (Phi) is 5.16. The monoisotopic (exact) mass is 235 g/mol. The Balaban J connectivity index is 2.93. The summed E-state index contributed by atoms with van der Waals surface area (Å²) in [5.74, 6) is -0.193. The average molecular weight is 235 g/mol. The Morgan fingerprint density at radius 1 is 1.24 bits per heavy atom. The third kappa shape index (κ3) is 3.56. The van der Waals surface area contributed by atoms with Gasteiger partial charge in [-0.05, 0) is 38.6 Å². The lowest BCUT2D eigenvalue weighted by molar-refractivity contribution is -0.148. The van der Waals surface area contributed by atoms with Gasteiger partial charge in [0.15, 0.2) is 0 Å². The molecule has 0 spiro atoms. The van der Waals surface area contributed by atoms with Crippen LogP contribution in [0.4, 0.5) is 0 Å². The molecule has 94 valence electrons. The van der Waals surface area contributed by atoms with E-state index in [1.807, 2.05) is 38.1 Å². The van der Waals surface area contributed by atoms with Crippen LogP contribution < -0.4 is 0 Å². The third-order valence-corrected chi connectivity index (χ3v) is 2.73. The second-order valence-corrected chi connectivity index (χ2v) is 4.21. The van der Waals surface area contributed by atoms with Gasteiger partial charge in [-0.25, -0.2) is 4.79 Å². The number of rotatable bonds is 5. The number of nitrogens with zero attached hydrogens (tertiary/aromatic N) is 1. The van der Waals surface area contributed by atoms with E-state index in [2.05, 4.69) is 19.1 Å². The molecule has 17 heavy (non-hydrogen) atoms. The standard InChI is InChI=1S/C14H21NO2/c1-5-11-7-9-12(10-8-11)13(15(3)4)14(16)17-6-2/h7-10,13H,5-6H2,1-4H3. The van der Waals surface area contributed by atoms with Crippen molar-refractivity contribution in [3.8, 4) is 0 Å². The molecule has 0 amide bonds. The van der Waals surface area contributed by atoms with Crippen LogP contribution in [0.5, 0.6) is 0 Å². The highest BCUT2D eigenvalue weighted by Crippen LogP contribution is 2.20. The molecule has 0 bridgehead atoms. The first-order valence-corrected chi connectivity index (χ1v) is 6.02. The van der Waals surface area contributed by atoms with Gasteiger partial charge >= 0.3 is 5.97 Å². The van der Waals surface area contributed by atoms with Crippen LogP contribution >= 0.6 is 0 Å². The summed E-state index contributed by atoms with van der Waals surface area (Å²) in [4.78, 5) is 13.7. The van der Waals surface area contributed by atoms with E-state index in [1.165, 1.54) is 5.56 Å². The van der Waals surface area contributed by atoms with Gasteiger partial charge in [-0.1, -0.05) is 31.2 Å². The first-order valence-electron chi connectivity index (χ1n) is 6.02. The summed E-state index contributed by atoms with van der Waals surface area (Å²) in [7, 11) is 3.77. The second kappa shape index (κ2) is 6.40. The molecular weight excluding hydrogens is 214 g/mol. The fourth-order valence-corrected chi connectivity index (χ4v) is 1.80. The number of likely N-dealkylation sites (N-methyl/N-ethyl adjacent to an activating group) is 1. The van der Waals surface area contributed by atoms with Crippen molar-refractivity contribution in [2.45, 2.75) is 26.3 Å². The summed E-state index contributed by atoms with van der Waals surface area (Å²) in [5.41, 5.74) is 2.25. The summed E-state index contributed by atoms with van der Waals surface area (Å²) in [5, 5.41) is 0. The van der Waals surface area contributed by atoms with Gasteiger partial charge in [-0.2, -0.15) is 0 Å². The lowest BCUT2D eigenvalue weighted by Crippen LogP contribution is -2.29. The molecule has 1 rings (SSSR count). The molecule has 0 saturated heterocycles. The van der Waals surface area contributed by atoms with Crippen LogP contribution in [-0.4, -0.2) is 31.6 Å². The molecule has 1 atom stereocenters. The molecule has 0 aliphatic rings. The lowest BCUT2D eigenvalue weighted by Gasteiger charge is -2.22. The van der Waals surface area contributed by atoms with Crippen molar-refractivity contribution in [1.29, 1.82) is 0 Å². The maximum Gasteiger partial charge on any atom is 0.327 e. The molecule has 0 aromatic heterocycles. The first-order chi connectivity index (χ1) is 8.10. The Labute approximate surface area is 103 Å². The minimum absolute atomic E-state index is 0.193. The van der Waals surface area contributed by atoms with Crippen LogP contribution in [0, 0.1) is 0 Å². The molecule has 3 nitrogen and oxygen atoms in total. The highest BCUT2D eigenvalue weighted by molar-refractivity contribution is 5.77. The van der Waals surface area contributed by atoms with Crippen LogP contribution in [-0.2, 0) is 16.0 Å². The van der Waals surface area contributed by atoms with Gasteiger partial charge in [0.05, 0.1) is 6.61 Å². The fourth-order valence-electron chi connectivity index (χ4n) is 1.80. The van der Waals surface area contributed by atoms with E-state index in [-0.39, 0.29) is 12.0 Å². The van der Waals surface area contributed by atoms with Gasteiger partial charge < -0.3 is 4.74 Å². The molecule has 0 N–H and O–H groups in total. The zero-order valence-electron chi connectivity index (χ0n) is 11.1. The number of hydrogen-bond donors (Lipinski definition) is 0. The van der Waals surface area contributed by atoms with Gasteiger partial charge in [-0.15, -0.1) is 0 Å². The number of ether oxygens (including phenoxy) is 1. The number of benzene rings is 1. The lowest BCUT2D eigenvalue weighted by atomic mass is 10.0. The third-order valence-electron chi connectivity index (χ3n) is 2.73. The van der Waals surface area contributed by atoms with E-state index in [9.17, 15) is 4.79 Å². The van der Waals surface area contributed by atoms with Crippen molar-refractivity contribution in [2.24, 2.45) is 0 Å². The van der Waals surface area contributed by atoms with E-state index in [0.717, 1.165) is 12.0 Å². The molecule has 0 saturated carbocycles. The van der Waals surface area contributed by atoms with Crippen LogP contribution in [0.2, 0.25) is 0 Å². The molecular formula is C14H21NO2. The average Bonchev–Trinajstić information content (AvgIpc) is 2.30. The maximum absolute atomic E-state index is 11.9. The zero-order chi connectivity index (χ0) is 12.8. The van der Waals surface area contributed by atoms with Gasteiger partial charge in [-0.3, -0.25) is 4.90 Å². The van der Waals surface area contributed by atoms with Crippen molar-refractivity contribution in [2.75, 3.05) is 20.7 Å². The zero-order valence-corrected chi connectivity index (χ0v) is 11.1. The smallest absolute Gasteiger partial charge is 0.327 e. The van der Waals surface area contributed by atoms with E-state index in [0.29, 0.717) is 6.61 Å². The number of hydrogen-bond acceptors (Lipinski definition) is 3. The summed E-state index contributed by atoms with van der Waals surface area (Å²) >= 11 is 0. The minimum Gasteiger partial charge on any atom is -0.465 e. The fraction of sp³-hybridized carbons (Fsp3) is 0.500. The SMILES string of the molecule is CCOC(=O)C(c1ccc(CC)cc1)N(C)C. The van der Waals surface area contributed by atoms with Crippen molar-refractivity contribution < 1.29 is 9.53 Å². The molecule has 0 heterocycles. The highest BCUT2D eigenvalue weighted by atomic mass is 16.5. The first kappa shape index (κ1) is 13.7. The Morgan fingerprint density at radius 2 is 1.82 bits per heavy atom. The maximum atomic E-state index is 11.9. The van der Waals surface area contributed by atoms with E-state index in [4.69, 9.17) is 4.74 Å². The van der Waals surface area contributed by atoms with E-state index >= 15 is 0 Å². The predicted octanol–water partition coefficient (Wildman–Crippen LogP) is 2.41. The molecule has 0 fully saturated rings. The van der Waals surface area contributed by atoms with Crippen LogP contribution in [0.3, 0.4) is 0 Å². The van der Waals surface area contributed by atoms with Crippen molar-refractivity contribution in [1.82, 2.24) is 4.90 Å². The van der Waals surface area contributed by atoms with E-state index < -0.39 is 0 Å². The van der Waals surface area contributed by atoms with Crippen LogP contribution in [0.1, 0.15) is 31.0 Å². The summed E-state index contributed by atoms with van der Waals surface area (Å²) in [6.45, 7) is 4.35. The van der Waals surface area contributed by atoms with E-state index in [1.54, 1.807) is 0 Å². The molecule has 1 aromatic carbocycles. The number of carbonyl (C=O) groups is 1. The Hall–Kier alpha value is -1.35. The minimum atomic E-state index is -0.319. The quantitative estimate of drug-likeness (QED) is 0.734. The molecule has 0 aliphatic heterocycles. The summed E-state index contributed by atoms with van der Waals surface area (Å²) in [6, 6.07) is 7.80. The predicted molar refractivity (Wildman–Crippen MR) is 68.9 cm³/mol. The summed E-state index contributed by atoms with van der Waals surface area (Å²) < 4.78 is 5.10. The molecule has 1 aromatic rings. The Bertz CT molecular complexity index is 357. The molecule has 1 unspecified atom stereocenters. The molecule has 0 aliphatic carbocycles. The topological polar surface area (TPSA) is 29.5 Å². The largest absolute Gasteiger partial charge is 0.465 e. The number of esters is 1. The van der Waals surface area contributed by atoms with Gasteiger partial charge in [0.25, 0.3) is 0 Å². The van der Waals surface area contributed by atoms with Crippen molar-refractivity contribution in [3.63, 3.8) is 0 Å². The Morgan fingerprint density at radius 3 is 2.24 bits per heavy atom. The van der Waals surface area contributed by atoms with Crippen LogP contribution in [0.15, 0.2) is 24.3 Å². The molecule has 3 heteroatoms. The van der Waals surface area contributed by atoms with Crippen LogP contribution in [0.25, 0.3) is 0 Å².